The number of allylic oxidation sites excluding steroid dienone is 1. The summed E-state index contributed by atoms with van der Waals surface area (Å²) in [6.45, 7) is 5.43. The van der Waals surface area contributed by atoms with Crippen molar-refractivity contribution < 1.29 is 19.4 Å². The summed E-state index contributed by atoms with van der Waals surface area (Å²) in [7, 11) is 0. The van der Waals surface area contributed by atoms with Gasteiger partial charge in [0.15, 0.2) is 11.5 Å². The second-order valence-corrected chi connectivity index (χ2v) is 6.14. The van der Waals surface area contributed by atoms with E-state index in [1.807, 2.05) is 31.2 Å². The lowest BCUT2D eigenvalue weighted by atomic mass is 10.0. The SMILES string of the molecule is CC(=Cc1ccc(C(=O)O)cc1)c1ccc2c(c1)OCC(C)CO2. The van der Waals surface area contributed by atoms with Gasteiger partial charge in [-0.2, -0.15) is 0 Å². The summed E-state index contributed by atoms with van der Waals surface area (Å²) < 4.78 is 11.6. The van der Waals surface area contributed by atoms with E-state index in [4.69, 9.17) is 14.6 Å². The summed E-state index contributed by atoms with van der Waals surface area (Å²) in [5.74, 6) is 0.997. The molecule has 0 saturated carbocycles. The van der Waals surface area contributed by atoms with Crippen LogP contribution in [0.3, 0.4) is 0 Å². The zero-order chi connectivity index (χ0) is 17.1. The van der Waals surface area contributed by atoms with Crippen molar-refractivity contribution in [3.05, 3.63) is 59.2 Å². The zero-order valence-electron chi connectivity index (χ0n) is 13.8. The number of hydrogen-bond donors (Lipinski definition) is 1. The van der Waals surface area contributed by atoms with Crippen LogP contribution >= 0.6 is 0 Å². The summed E-state index contributed by atoms with van der Waals surface area (Å²) in [5, 5.41) is 8.95. The molecule has 0 saturated heterocycles. The summed E-state index contributed by atoms with van der Waals surface area (Å²) in [5.41, 5.74) is 3.36. The molecule has 1 atom stereocenters. The molecule has 124 valence electrons. The minimum Gasteiger partial charge on any atom is -0.489 e. The second-order valence-electron chi connectivity index (χ2n) is 6.14. The fraction of sp³-hybridized carbons (Fsp3) is 0.250. The molecule has 0 bridgehead atoms. The number of benzene rings is 2. The van der Waals surface area contributed by atoms with Gasteiger partial charge < -0.3 is 14.6 Å². The number of carboxylic acid groups (broad SMARTS) is 1. The van der Waals surface area contributed by atoms with Gasteiger partial charge in [-0.25, -0.2) is 4.79 Å². The van der Waals surface area contributed by atoms with Gasteiger partial charge in [0.05, 0.1) is 18.8 Å². The third kappa shape index (κ3) is 3.59. The van der Waals surface area contributed by atoms with E-state index < -0.39 is 5.97 Å². The van der Waals surface area contributed by atoms with Crippen LogP contribution in [0, 0.1) is 5.92 Å². The first-order chi connectivity index (χ1) is 11.5. The minimum atomic E-state index is -0.917. The molecule has 1 aliphatic heterocycles. The van der Waals surface area contributed by atoms with E-state index in [1.54, 1.807) is 24.3 Å². The van der Waals surface area contributed by atoms with Gasteiger partial charge in [-0.05, 0) is 47.9 Å². The molecule has 0 aliphatic carbocycles. The monoisotopic (exact) mass is 324 g/mol. The van der Waals surface area contributed by atoms with Crippen LogP contribution in [-0.2, 0) is 0 Å². The maximum absolute atomic E-state index is 10.9. The second kappa shape index (κ2) is 6.79. The number of rotatable bonds is 3. The van der Waals surface area contributed by atoms with Gasteiger partial charge in [0.2, 0.25) is 0 Å². The van der Waals surface area contributed by atoms with E-state index in [2.05, 4.69) is 6.92 Å². The molecule has 1 unspecified atom stereocenters. The number of carbonyl (C=O) groups is 1. The highest BCUT2D eigenvalue weighted by Crippen LogP contribution is 2.33. The topological polar surface area (TPSA) is 55.8 Å². The van der Waals surface area contributed by atoms with Crippen molar-refractivity contribution in [2.45, 2.75) is 13.8 Å². The molecule has 2 aromatic rings. The van der Waals surface area contributed by atoms with Crippen molar-refractivity contribution >= 4 is 17.6 Å². The van der Waals surface area contributed by atoms with Gasteiger partial charge in [-0.15, -0.1) is 0 Å². The molecule has 0 spiro atoms. The zero-order valence-corrected chi connectivity index (χ0v) is 13.8. The molecule has 3 rings (SSSR count). The Morgan fingerprint density at radius 2 is 1.67 bits per heavy atom. The van der Waals surface area contributed by atoms with Crippen molar-refractivity contribution in [2.75, 3.05) is 13.2 Å². The van der Waals surface area contributed by atoms with Crippen molar-refractivity contribution in [3.63, 3.8) is 0 Å². The van der Waals surface area contributed by atoms with Crippen LogP contribution in [0.2, 0.25) is 0 Å². The molecular formula is C20H20O4. The highest BCUT2D eigenvalue weighted by molar-refractivity contribution is 5.88. The Bertz CT molecular complexity index is 775. The third-order valence-electron chi connectivity index (χ3n) is 3.99. The molecule has 0 aromatic heterocycles. The van der Waals surface area contributed by atoms with Crippen LogP contribution in [-0.4, -0.2) is 24.3 Å². The van der Waals surface area contributed by atoms with Crippen LogP contribution < -0.4 is 9.47 Å². The van der Waals surface area contributed by atoms with E-state index >= 15 is 0 Å². The first-order valence-corrected chi connectivity index (χ1v) is 7.94. The number of fused-ring (bicyclic) bond motifs is 1. The molecular weight excluding hydrogens is 304 g/mol. The lowest BCUT2D eigenvalue weighted by molar-refractivity contribution is 0.0697. The van der Waals surface area contributed by atoms with E-state index in [0.717, 1.165) is 28.2 Å². The van der Waals surface area contributed by atoms with Crippen molar-refractivity contribution in [1.82, 2.24) is 0 Å². The Morgan fingerprint density at radius 3 is 2.33 bits per heavy atom. The fourth-order valence-corrected chi connectivity index (χ4v) is 2.55. The van der Waals surface area contributed by atoms with Gasteiger partial charge in [-0.3, -0.25) is 0 Å². The quantitative estimate of drug-likeness (QED) is 0.853. The average Bonchev–Trinajstić information content (AvgIpc) is 2.77. The van der Waals surface area contributed by atoms with Gasteiger partial charge in [0.1, 0.15) is 0 Å². The minimum absolute atomic E-state index is 0.287. The number of aromatic carboxylic acids is 1. The average molecular weight is 324 g/mol. The molecule has 1 heterocycles. The predicted octanol–water partition coefficient (Wildman–Crippen LogP) is 4.35. The van der Waals surface area contributed by atoms with Crippen LogP contribution in [0.1, 0.15) is 35.3 Å². The number of hydrogen-bond acceptors (Lipinski definition) is 3. The van der Waals surface area contributed by atoms with E-state index in [9.17, 15) is 4.79 Å². The molecule has 24 heavy (non-hydrogen) atoms. The molecule has 1 aliphatic rings. The smallest absolute Gasteiger partial charge is 0.335 e. The fourth-order valence-electron chi connectivity index (χ4n) is 2.55. The number of ether oxygens (including phenoxy) is 2. The van der Waals surface area contributed by atoms with Gasteiger partial charge in [0, 0.05) is 5.92 Å². The molecule has 0 fully saturated rings. The lowest BCUT2D eigenvalue weighted by Gasteiger charge is -2.10. The van der Waals surface area contributed by atoms with Gasteiger partial charge in [0.25, 0.3) is 0 Å². The Labute approximate surface area is 141 Å². The third-order valence-corrected chi connectivity index (χ3v) is 3.99. The van der Waals surface area contributed by atoms with Crippen LogP contribution in [0.5, 0.6) is 11.5 Å². The van der Waals surface area contributed by atoms with E-state index in [0.29, 0.717) is 19.1 Å². The standard InChI is InChI=1S/C20H20O4/c1-13-11-23-18-8-7-17(10-19(18)24-12-13)14(2)9-15-3-5-16(6-4-15)20(21)22/h3-10,13H,11-12H2,1-2H3,(H,21,22). The Balaban J connectivity index is 1.84. The van der Waals surface area contributed by atoms with Crippen molar-refractivity contribution in [2.24, 2.45) is 5.92 Å². The molecule has 4 nitrogen and oxygen atoms in total. The van der Waals surface area contributed by atoms with Crippen molar-refractivity contribution in [1.29, 1.82) is 0 Å². The van der Waals surface area contributed by atoms with Crippen LogP contribution in [0.4, 0.5) is 0 Å². The lowest BCUT2D eigenvalue weighted by Crippen LogP contribution is -2.12. The largest absolute Gasteiger partial charge is 0.489 e. The van der Waals surface area contributed by atoms with Gasteiger partial charge >= 0.3 is 5.97 Å². The predicted molar refractivity (Wildman–Crippen MR) is 93.5 cm³/mol. The van der Waals surface area contributed by atoms with Crippen LogP contribution in [0.15, 0.2) is 42.5 Å². The van der Waals surface area contributed by atoms with E-state index in [-0.39, 0.29) is 5.56 Å². The van der Waals surface area contributed by atoms with Crippen LogP contribution in [0.25, 0.3) is 11.6 Å². The summed E-state index contributed by atoms with van der Waals surface area (Å²) in [6, 6.07) is 12.8. The maximum atomic E-state index is 10.9. The van der Waals surface area contributed by atoms with E-state index in [1.165, 1.54) is 0 Å². The van der Waals surface area contributed by atoms with Crippen molar-refractivity contribution in [3.8, 4) is 11.5 Å². The highest BCUT2D eigenvalue weighted by atomic mass is 16.5. The molecule has 4 heteroatoms. The van der Waals surface area contributed by atoms with Gasteiger partial charge in [-0.1, -0.05) is 31.2 Å². The normalized spacial score (nSPS) is 17.2. The number of carboxylic acids is 1. The first kappa shape index (κ1) is 16.1. The molecule has 0 amide bonds. The first-order valence-electron chi connectivity index (χ1n) is 7.94. The summed E-state index contributed by atoms with van der Waals surface area (Å²) in [6.07, 6.45) is 2.02. The highest BCUT2D eigenvalue weighted by Gasteiger charge is 2.15. The Morgan fingerprint density at radius 1 is 1.04 bits per heavy atom. The summed E-state index contributed by atoms with van der Waals surface area (Å²) in [4.78, 5) is 10.9. The molecule has 0 radical (unpaired) electrons. The molecule has 2 aromatic carbocycles. The summed E-state index contributed by atoms with van der Waals surface area (Å²) >= 11 is 0. The Kier molecular flexibility index (Phi) is 4.56. The Hall–Kier alpha value is -2.75. The molecule has 1 N–H and O–H groups in total. The maximum Gasteiger partial charge on any atom is 0.335 e.